The van der Waals surface area contributed by atoms with Gasteiger partial charge in [-0.05, 0) is 56.9 Å². The van der Waals surface area contributed by atoms with Gasteiger partial charge in [-0.2, -0.15) is 10.0 Å². The highest BCUT2D eigenvalue weighted by atomic mass is 35.5. The number of ether oxygens (including phenoxy) is 2. The van der Waals surface area contributed by atoms with Gasteiger partial charge in [0.05, 0.1) is 16.6 Å². The molecule has 2 aliphatic rings. The van der Waals surface area contributed by atoms with Crippen molar-refractivity contribution >= 4 is 27.7 Å². The van der Waals surface area contributed by atoms with Gasteiger partial charge in [-0.1, -0.05) is 23.6 Å². The molecule has 1 fully saturated rings. The lowest BCUT2D eigenvalue weighted by atomic mass is 9.94. The largest absolute Gasteiger partial charge is 0.507 e. The van der Waals surface area contributed by atoms with Crippen LogP contribution >= 0.6 is 21.6 Å². The van der Waals surface area contributed by atoms with Gasteiger partial charge < -0.3 is 19.5 Å². The molecule has 2 heterocycles. The number of phenols is 1. The summed E-state index contributed by atoms with van der Waals surface area (Å²) in [5.41, 5.74) is -1.01. The second-order valence-electron chi connectivity index (χ2n) is 11.2. The quantitative estimate of drug-likeness (QED) is 0.442. The van der Waals surface area contributed by atoms with Gasteiger partial charge in [0.25, 0.3) is 0 Å². The molecule has 38 heavy (non-hydrogen) atoms. The Hall–Kier alpha value is -2.67. The van der Waals surface area contributed by atoms with Crippen LogP contribution in [0.25, 0.3) is 11.1 Å². The van der Waals surface area contributed by atoms with Crippen molar-refractivity contribution in [1.82, 2.24) is 9.80 Å². The van der Waals surface area contributed by atoms with Crippen LogP contribution in [0.1, 0.15) is 31.9 Å². The van der Waals surface area contributed by atoms with Crippen LogP contribution in [-0.2, 0) is 11.3 Å². The number of rotatable bonds is 1. The number of halogens is 3. The molecule has 1 N–H and O–H groups in total. The molecular formula is C28H33ClF2N2O4S. The summed E-state index contributed by atoms with van der Waals surface area (Å²) >= 11 is 6.37. The Kier molecular flexibility index (Phi) is 7.81. The number of phenolic OH excluding ortho intramolecular Hbond substituents is 1. The zero-order valence-electron chi connectivity index (χ0n) is 22.5. The molecule has 1 atom stereocenters. The number of carbonyl (C=O) groups excluding carboxylic acids is 1. The number of nitrogens with zero attached hydrogens (tertiary/aromatic N) is 2. The number of hydrogen-bond donors (Lipinski definition) is 1. The first-order chi connectivity index (χ1) is 17.7. The molecule has 0 aliphatic carbocycles. The van der Waals surface area contributed by atoms with E-state index in [4.69, 9.17) is 21.1 Å². The summed E-state index contributed by atoms with van der Waals surface area (Å²) in [6.45, 7) is 6.63. The van der Waals surface area contributed by atoms with Gasteiger partial charge in [-0.25, -0.2) is 13.6 Å². The van der Waals surface area contributed by atoms with Crippen molar-refractivity contribution in [3.8, 4) is 33.8 Å². The monoisotopic (exact) mass is 566 g/mol. The Morgan fingerprint density at radius 3 is 2.53 bits per heavy atom. The van der Waals surface area contributed by atoms with Crippen LogP contribution in [0.15, 0.2) is 18.2 Å². The van der Waals surface area contributed by atoms with E-state index < -0.39 is 33.4 Å². The molecule has 4 rings (SSSR count). The van der Waals surface area contributed by atoms with Gasteiger partial charge in [0.2, 0.25) is 0 Å². The van der Waals surface area contributed by atoms with Crippen molar-refractivity contribution in [3.05, 3.63) is 46.0 Å². The molecule has 1 saturated heterocycles. The third-order valence-corrected chi connectivity index (χ3v) is 7.22. The molecule has 1 amide bonds. The minimum Gasteiger partial charge on any atom is -0.507 e. The van der Waals surface area contributed by atoms with Gasteiger partial charge in [-0.15, -0.1) is 0 Å². The first-order valence-corrected chi connectivity index (χ1v) is 15.5. The summed E-state index contributed by atoms with van der Waals surface area (Å²) in [6.07, 6.45) is 5.40. The van der Waals surface area contributed by atoms with E-state index >= 15 is 8.78 Å². The maximum Gasteiger partial charge on any atom is 0.410 e. The number of benzene rings is 2. The van der Waals surface area contributed by atoms with Crippen molar-refractivity contribution in [2.45, 2.75) is 39.0 Å². The van der Waals surface area contributed by atoms with E-state index in [1.54, 1.807) is 25.7 Å². The number of piperazine rings is 1. The van der Waals surface area contributed by atoms with Gasteiger partial charge in [0.15, 0.2) is 11.6 Å². The van der Waals surface area contributed by atoms with E-state index in [2.05, 4.69) is 11.2 Å². The second-order valence-corrected chi connectivity index (χ2v) is 15.5. The van der Waals surface area contributed by atoms with Gasteiger partial charge in [0, 0.05) is 42.9 Å². The lowest BCUT2D eigenvalue weighted by Gasteiger charge is -2.40. The van der Waals surface area contributed by atoms with Crippen LogP contribution in [0.4, 0.5) is 13.6 Å². The maximum atomic E-state index is 16.3. The zero-order valence-corrected chi connectivity index (χ0v) is 24.0. The summed E-state index contributed by atoms with van der Waals surface area (Å²) in [6, 6.07) is 4.09. The Bertz CT molecular complexity index is 1310. The average molecular weight is 567 g/mol. The maximum absolute atomic E-state index is 16.3. The summed E-state index contributed by atoms with van der Waals surface area (Å²) < 4.78 is 44.0. The highest BCUT2D eigenvalue weighted by molar-refractivity contribution is 8.35. The first-order valence-electron chi connectivity index (χ1n) is 12.2. The smallest absolute Gasteiger partial charge is 0.410 e. The molecule has 206 valence electrons. The molecule has 0 unspecified atom stereocenters. The fraction of sp³-hybridized carbons (Fsp3) is 0.464. The SMILES string of the molecule is CC(C)(C)OC(=O)N1CCN2Cc3c(F)c(C#CS(C)(C)C)c(-c4c(O)cccc4Cl)c(F)c3OC[C@H]2C1. The van der Waals surface area contributed by atoms with E-state index in [1.165, 1.54) is 18.2 Å². The number of aromatic hydroxyl groups is 1. The van der Waals surface area contributed by atoms with E-state index in [0.29, 0.717) is 19.6 Å². The third kappa shape index (κ3) is 5.98. The fourth-order valence-corrected chi connectivity index (χ4v) is 5.13. The molecule has 0 saturated carbocycles. The third-order valence-electron chi connectivity index (χ3n) is 6.19. The minimum absolute atomic E-state index is 0.0355. The first kappa shape index (κ1) is 28.3. The van der Waals surface area contributed by atoms with Crippen LogP contribution in [0.5, 0.6) is 11.5 Å². The molecule has 2 aliphatic heterocycles. The number of hydrogen-bond acceptors (Lipinski definition) is 5. The Morgan fingerprint density at radius 2 is 1.89 bits per heavy atom. The molecular weight excluding hydrogens is 534 g/mol. The summed E-state index contributed by atoms with van der Waals surface area (Å²) in [5, 5.41) is 13.7. The Labute approximate surface area is 229 Å². The molecule has 10 heteroatoms. The van der Waals surface area contributed by atoms with Crippen LogP contribution in [-0.4, -0.2) is 77.7 Å². The summed E-state index contributed by atoms with van der Waals surface area (Å²) in [5.74, 6) is 0.799. The standard InChI is InChI=1S/C28H33ClF2N2O4S/c1-28(2,3)37-27(35)33-12-11-32-15-19-24(30)18(10-13-38(4,5)6)22(23-20(29)8-7-9-21(23)34)25(31)26(19)36-16-17(32)14-33/h7-9,17,34H,11-12,14-16H2,1-6H3/t17-/m1/s1. The van der Waals surface area contributed by atoms with E-state index in [1.807, 2.05) is 23.7 Å². The molecule has 0 aromatic heterocycles. The van der Waals surface area contributed by atoms with E-state index in [0.717, 1.165) is 0 Å². The lowest BCUT2D eigenvalue weighted by molar-refractivity contribution is -0.00173. The van der Waals surface area contributed by atoms with Crippen LogP contribution in [0, 0.1) is 22.8 Å². The molecule has 6 nitrogen and oxygen atoms in total. The topological polar surface area (TPSA) is 62.2 Å². The van der Waals surface area contributed by atoms with Crippen LogP contribution in [0.2, 0.25) is 5.02 Å². The highest BCUT2D eigenvalue weighted by Gasteiger charge is 2.38. The van der Waals surface area contributed by atoms with E-state index in [9.17, 15) is 9.90 Å². The number of fused-ring (bicyclic) bond motifs is 2. The van der Waals surface area contributed by atoms with Crippen molar-refractivity contribution in [1.29, 1.82) is 0 Å². The van der Waals surface area contributed by atoms with Crippen molar-refractivity contribution in [2.24, 2.45) is 0 Å². The predicted octanol–water partition coefficient (Wildman–Crippen LogP) is 5.81. The molecule has 0 bridgehead atoms. The summed E-state index contributed by atoms with van der Waals surface area (Å²) in [4.78, 5) is 16.2. The Balaban J connectivity index is 1.79. The number of carbonyl (C=O) groups is 1. The highest BCUT2D eigenvalue weighted by Crippen LogP contribution is 2.45. The average Bonchev–Trinajstić information content (AvgIpc) is 2.99. The van der Waals surface area contributed by atoms with Crippen LogP contribution < -0.4 is 4.74 Å². The van der Waals surface area contributed by atoms with Crippen LogP contribution in [0.3, 0.4) is 0 Å². The van der Waals surface area contributed by atoms with Gasteiger partial charge in [0.1, 0.15) is 23.8 Å². The van der Waals surface area contributed by atoms with Crippen molar-refractivity contribution in [2.75, 3.05) is 45.0 Å². The van der Waals surface area contributed by atoms with E-state index in [-0.39, 0.29) is 58.0 Å². The predicted molar refractivity (Wildman–Crippen MR) is 148 cm³/mol. The van der Waals surface area contributed by atoms with Gasteiger partial charge in [-0.3, -0.25) is 4.90 Å². The number of amides is 1. The van der Waals surface area contributed by atoms with Crippen molar-refractivity contribution < 1.29 is 28.2 Å². The van der Waals surface area contributed by atoms with Gasteiger partial charge >= 0.3 is 6.09 Å². The zero-order chi connectivity index (χ0) is 28.0. The summed E-state index contributed by atoms with van der Waals surface area (Å²) in [7, 11) is -1.38. The normalized spacial score (nSPS) is 18.3. The molecule has 0 radical (unpaired) electrons. The Morgan fingerprint density at radius 1 is 1.18 bits per heavy atom. The fourth-order valence-electron chi connectivity index (χ4n) is 4.46. The lowest BCUT2D eigenvalue weighted by Crippen LogP contribution is -2.56. The second kappa shape index (κ2) is 10.5. The van der Waals surface area contributed by atoms with Crippen molar-refractivity contribution in [3.63, 3.8) is 0 Å². The molecule has 0 spiro atoms. The molecule has 2 aromatic rings. The molecule has 2 aromatic carbocycles. The minimum atomic E-state index is -1.38.